The molecule has 2 rings (SSSR count). The first-order valence-electron chi connectivity index (χ1n) is 7.35. The summed E-state index contributed by atoms with van der Waals surface area (Å²) in [7, 11) is 0. The molecule has 1 N–H and O–H groups in total. The van der Waals surface area contributed by atoms with Crippen molar-refractivity contribution in [2.45, 2.75) is 33.0 Å². The van der Waals surface area contributed by atoms with E-state index in [4.69, 9.17) is 0 Å². The molecular formula is C15H14F4N4O3. The Balaban J connectivity index is 2.09. The third kappa shape index (κ3) is 4.16. The van der Waals surface area contributed by atoms with Gasteiger partial charge < -0.3 is 5.32 Å². The number of nitrogens with one attached hydrogen (secondary N) is 1. The second kappa shape index (κ2) is 7.10. The summed E-state index contributed by atoms with van der Waals surface area (Å²) >= 11 is 0. The van der Waals surface area contributed by atoms with Crippen molar-refractivity contribution in [2.75, 3.05) is 5.32 Å². The zero-order valence-corrected chi connectivity index (χ0v) is 13.7. The SMILES string of the molecule is Cc1nn(CCC(=O)Nc2cc(C(F)(F)F)ccc2F)c(C)c1[N+](=O)[O-]. The number of benzene rings is 1. The van der Waals surface area contributed by atoms with Gasteiger partial charge in [0.1, 0.15) is 17.2 Å². The first kappa shape index (κ1) is 19.3. The Labute approximate surface area is 144 Å². The zero-order valence-electron chi connectivity index (χ0n) is 13.7. The van der Waals surface area contributed by atoms with Crippen molar-refractivity contribution < 1.29 is 27.3 Å². The van der Waals surface area contributed by atoms with Crippen molar-refractivity contribution >= 4 is 17.3 Å². The van der Waals surface area contributed by atoms with Gasteiger partial charge >= 0.3 is 11.9 Å². The van der Waals surface area contributed by atoms with E-state index in [0.29, 0.717) is 18.2 Å². The molecular weight excluding hydrogens is 360 g/mol. The minimum absolute atomic E-state index is 0.0487. The van der Waals surface area contributed by atoms with Crippen molar-refractivity contribution in [1.29, 1.82) is 0 Å². The quantitative estimate of drug-likeness (QED) is 0.492. The molecule has 0 aliphatic heterocycles. The molecule has 0 saturated carbocycles. The molecule has 0 bridgehead atoms. The summed E-state index contributed by atoms with van der Waals surface area (Å²) < 4.78 is 52.8. The van der Waals surface area contributed by atoms with Gasteiger partial charge in [0, 0.05) is 6.42 Å². The maximum absolute atomic E-state index is 13.6. The summed E-state index contributed by atoms with van der Waals surface area (Å²) in [6.45, 7) is 2.86. The molecule has 1 aromatic carbocycles. The molecule has 0 radical (unpaired) electrons. The number of aryl methyl sites for hydroxylation is 2. The van der Waals surface area contributed by atoms with E-state index in [0.717, 1.165) is 0 Å². The second-order valence-electron chi connectivity index (χ2n) is 5.49. The number of amides is 1. The van der Waals surface area contributed by atoms with Crippen LogP contribution in [0.2, 0.25) is 0 Å². The highest BCUT2D eigenvalue weighted by atomic mass is 19.4. The Morgan fingerprint density at radius 1 is 1.35 bits per heavy atom. The molecule has 2 aromatic rings. The van der Waals surface area contributed by atoms with Crippen LogP contribution in [0.4, 0.5) is 28.9 Å². The third-order valence-electron chi connectivity index (χ3n) is 3.64. The van der Waals surface area contributed by atoms with Crippen molar-refractivity contribution in [2.24, 2.45) is 0 Å². The van der Waals surface area contributed by atoms with Gasteiger partial charge in [-0.1, -0.05) is 0 Å². The van der Waals surface area contributed by atoms with Gasteiger partial charge in [-0.2, -0.15) is 18.3 Å². The third-order valence-corrected chi connectivity index (χ3v) is 3.64. The predicted octanol–water partition coefficient (Wildman–Crippen LogP) is 3.59. The molecule has 7 nitrogen and oxygen atoms in total. The van der Waals surface area contributed by atoms with Crippen LogP contribution >= 0.6 is 0 Å². The molecule has 1 amide bonds. The van der Waals surface area contributed by atoms with Crippen molar-refractivity contribution in [3.63, 3.8) is 0 Å². The van der Waals surface area contributed by atoms with Crippen molar-refractivity contribution in [1.82, 2.24) is 9.78 Å². The Morgan fingerprint density at radius 3 is 2.54 bits per heavy atom. The number of halogens is 4. The van der Waals surface area contributed by atoms with Gasteiger partial charge in [-0.05, 0) is 32.0 Å². The van der Waals surface area contributed by atoms with Crippen LogP contribution < -0.4 is 5.32 Å². The Bertz CT molecular complexity index is 861. The average molecular weight is 374 g/mol. The van der Waals surface area contributed by atoms with Gasteiger partial charge in [0.05, 0.1) is 22.7 Å². The lowest BCUT2D eigenvalue weighted by Gasteiger charge is -2.11. The summed E-state index contributed by atoms with van der Waals surface area (Å²) in [4.78, 5) is 22.2. The number of hydrogen-bond donors (Lipinski definition) is 1. The number of rotatable bonds is 5. The largest absolute Gasteiger partial charge is 0.416 e. The van der Waals surface area contributed by atoms with E-state index in [9.17, 15) is 32.5 Å². The van der Waals surface area contributed by atoms with Crippen LogP contribution in [0.1, 0.15) is 23.4 Å². The Hall–Kier alpha value is -2.98. The second-order valence-corrected chi connectivity index (χ2v) is 5.49. The number of carbonyl (C=O) groups is 1. The molecule has 26 heavy (non-hydrogen) atoms. The van der Waals surface area contributed by atoms with Crippen molar-refractivity contribution in [3.8, 4) is 0 Å². The minimum Gasteiger partial charge on any atom is -0.324 e. The summed E-state index contributed by atoms with van der Waals surface area (Å²) in [6, 6.07) is 1.68. The monoisotopic (exact) mass is 374 g/mol. The number of anilines is 1. The topological polar surface area (TPSA) is 90.1 Å². The van der Waals surface area contributed by atoms with Crippen LogP contribution in [0.25, 0.3) is 0 Å². The first-order chi connectivity index (χ1) is 12.0. The highest BCUT2D eigenvalue weighted by molar-refractivity contribution is 5.90. The number of nitro groups is 1. The van der Waals surface area contributed by atoms with E-state index in [1.807, 2.05) is 0 Å². The van der Waals surface area contributed by atoms with E-state index in [1.165, 1.54) is 18.5 Å². The number of alkyl halides is 3. The van der Waals surface area contributed by atoms with Crippen LogP contribution in [0.15, 0.2) is 18.2 Å². The van der Waals surface area contributed by atoms with E-state index in [-0.39, 0.29) is 30.0 Å². The van der Waals surface area contributed by atoms with Crippen LogP contribution in [0.5, 0.6) is 0 Å². The summed E-state index contributed by atoms with van der Waals surface area (Å²) in [5.74, 6) is -1.76. The lowest BCUT2D eigenvalue weighted by molar-refractivity contribution is -0.386. The molecule has 0 aliphatic rings. The average Bonchev–Trinajstić information content (AvgIpc) is 2.80. The van der Waals surface area contributed by atoms with E-state index < -0.39 is 34.1 Å². The van der Waals surface area contributed by atoms with Crippen LogP contribution in [-0.2, 0) is 17.5 Å². The molecule has 0 aliphatic carbocycles. The van der Waals surface area contributed by atoms with Gasteiger partial charge in [-0.15, -0.1) is 0 Å². The number of carbonyl (C=O) groups excluding carboxylic acids is 1. The maximum atomic E-state index is 13.6. The molecule has 0 unspecified atom stereocenters. The molecule has 140 valence electrons. The lowest BCUT2D eigenvalue weighted by Crippen LogP contribution is -2.17. The zero-order chi connectivity index (χ0) is 19.6. The molecule has 0 fully saturated rings. The van der Waals surface area contributed by atoms with Gasteiger partial charge in [0.25, 0.3) is 0 Å². The highest BCUT2D eigenvalue weighted by Gasteiger charge is 2.31. The Kier molecular flexibility index (Phi) is 5.28. The van der Waals surface area contributed by atoms with Gasteiger partial charge in [-0.3, -0.25) is 19.6 Å². The molecule has 0 saturated heterocycles. The van der Waals surface area contributed by atoms with Crippen LogP contribution in [-0.4, -0.2) is 20.6 Å². The standard InChI is InChI=1S/C15H14F4N4O3/c1-8-14(23(25)26)9(2)22(21-8)6-5-13(24)20-12-7-10(15(17,18)19)3-4-11(12)16/h3-4,7H,5-6H2,1-2H3,(H,20,24). The predicted molar refractivity (Wildman–Crippen MR) is 83.0 cm³/mol. The Morgan fingerprint density at radius 2 is 2.00 bits per heavy atom. The van der Waals surface area contributed by atoms with Crippen LogP contribution in [0, 0.1) is 29.8 Å². The molecule has 0 atom stereocenters. The normalized spacial score (nSPS) is 11.5. The molecule has 1 heterocycles. The summed E-state index contributed by atoms with van der Waals surface area (Å²) in [6.07, 6.45) is -4.93. The van der Waals surface area contributed by atoms with Crippen LogP contribution in [0.3, 0.4) is 0 Å². The van der Waals surface area contributed by atoms with E-state index in [2.05, 4.69) is 10.4 Å². The van der Waals surface area contributed by atoms with Gasteiger partial charge in [-0.25, -0.2) is 4.39 Å². The fourth-order valence-electron chi connectivity index (χ4n) is 2.39. The summed E-state index contributed by atoms with van der Waals surface area (Å²) in [5.41, 5.74) is -1.44. The fourth-order valence-corrected chi connectivity index (χ4v) is 2.39. The fraction of sp³-hybridized carbons (Fsp3) is 0.333. The number of aromatic nitrogens is 2. The van der Waals surface area contributed by atoms with E-state index in [1.54, 1.807) is 0 Å². The lowest BCUT2D eigenvalue weighted by atomic mass is 10.2. The first-order valence-corrected chi connectivity index (χ1v) is 7.35. The number of hydrogen-bond acceptors (Lipinski definition) is 4. The molecule has 1 aromatic heterocycles. The minimum atomic E-state index is -4.67. The maximum Gasteiger partial charge on any atom is 0.416 e. The van der Waals surface area contributed by atoms with Gasteiger partial charge in [0.15, 0.2) is 0 Å². The molecule has 0 spiro atoms. The van der Waals surface area contributed by atoms with Gasteiger partial charge in [0.2, 0.25) is 5.91 Å². The van der Waals surface area contributed by atoms with E-state index >= 15 is 0 Å². The summed E-state index contributed by atoms with van der Waals surface area (Å²) in [5, 5.41) is 16.9. The smallest absolute Gasteiger partial charge is 0.324 e. The highest BCUT2D eigenvalue weighted by Crippen LogP contribution is 2.31. The van der Waals surface area contributed by atoms with Crippen molar-refractivity contribution in [3.05, 3.63) is 51.1 Å². The molecule has 11 heteroatoms. The number of nitrogens with zero attached hydrogens (tertiary/aromatic N) is 3.